The molecule has 4 heterocycles. The van der Waals surface area contributed by atoms with Gasteiger partial charge in [0.05, 0.1) is 27.8 Å². The lowest BCUT2D eigenvalue weighted by molar-refractivity contribution is 0.0945. The topological polar surface area (TPSA) is 94.2 Å². The fraction of sp³-hybridized carbons (Fsp3) is 0.250. The van der Waals surface area contributed by atoms with Crippen LogP contribution in [0.15, 0.2) is 41.3 Å². The Morgan fingerprint density at radius 3 is 2.69 bits per heavy atom. The summed E-state index contributed by atoms with van der Waals surface area (Å²) in [6.07, 6.45) is 1.80. The van der Waals surface area contributed by atoms with Gasteiger partial charge in [-0.3, -0.25) is 14.0 Å². The maximum Gasteiger partial charge on any atom is 0.270 e. The van der Waals surface area contributed by atoms with Crippen molar-refractivity contribution in [2.45, 2.75) is 27.3 Å². The number of nitrogens with one attached hydrogen (secondary N) is 1. The Morgan fingerprint density at radius 1 is 1.10 bits per heavy atom. The van der Waals surface area contributed by atoms with E-state index in [1.54, 1.807) is 34.9 Å². The van der Waals surface area contributed by atoms with E-state index < -0.39 is 0 Å². The number of fused-ring (bicyclic) bond motifs is 1. The summed E-state index contributed by atoms with van der Waals surface area (Å²) in [5.74, 6) is -0.237. The van der Waals surface area contributed by atoms with Crippen LogP contribution in [0.5, 0.6) is 0 Å². The van der Waals surface area contributed by atoms with Crippen LogP contribution in [0.25, 0.3) is 16.2 Å². The summed E-state index contributed by atoms with van der Waals surface area (Å²) < 4.78 is 3.12. The standard InChI is InChI=1S/C20H20N6O2S/c1-12-18(25-10-5-4-6-16(25)23-12)20(28)21-9-11-26-17(27)8-7-15(24-26)19-13(2)22-14(3)29-19/h4-8,10H,9,11H2,1-3H3,(H,21,28). The van der Waals surface area contributed by atoms with Gasteiger partial charge in [0.1, 0.15) is 17.0 Å². The Balaban J connectivity index is 1.50. The second-order valence-corrected chi connectivity index (χ2v) is 7.86. The maximum atomic E-state index is 12.7. The van der Waals surface area contributed by atoms with Crippen molar-refractivity contribution in [3.63, 3.8) is 0 Å². The molecule has 1 amide bonds. The molecule has 29 heavy (non-hydrogen) atoms. The first-order valence-corrected chi connectivity index (χ1v) is 10.00. The summed E-state index contributed by atoms with van der Waals surface area (Å²) in [6, 6.07) is 8.78. The molecule has 0 aliphatic carbocycles. The largest absolute Gasteiger partial charge is 0.349 e. The minimum Gasteiger partial charge on any atom is -0.349 e. The molecule has 9 heteroatoms. The maximum absolute atomic E-state index is 12.7. The van der Waals surface area contributed by atoms with Crippen molar-refractivity contribution in [3.05, 3.63) is 69.0 Å². The highest BCUT2D eigenvalue weighted by Gasteiger charge is 2.16. The number of carbonyl (C=O) groups excluding carboxylic acids is 1. The van der Waals surface area contributed by atoms with Gasteiger partial charge in [-0.1, -0.05) is 6.07 Å². The SMILES string of the molecule is Cc1nc(C)c(-c2ccc(=O)n(CCNC(=O)c3c(C)nc4ccccn34)n2)s1. The van der Waals surface area contributed by atoms with Gasteiger partial charge in [-0.25, -0.2) is 14.6 Å². The Labute approximate surface area is 170 Å². The third kappa shape index (κ3) is 3.68. The lowest BCUT2D eigenvalue weighted by atomic mass is 10.3. The van der Waals surface area contributed by atoms with Crippen molar-refractivity contribution in [2.24, 2.45) is 0 Å². The molecule has 4 rings (SSSR count). The van der Waals surface area contributed by atoms with E-state index in [1.807, 2.05) is 32.0 Å². The number of carbonyl (C=O) groups is 1. The van der Waals surface area contributed by atoms with Gasteiger partial charge in [-0.15, -0.1) is 11.3 Å². The summed E-state index contributed by atoms with van der Waals surface area (Å²) >= 11 is 1.54. The molecule has 0 bridgehead atoms. The number of hydrogen-bond acceptors (Lipinski definition) is 6. The van der Waals surface area contributed by atoms with E-state index in [2.05, 4.69) is 20.4 Å². The number of nitrogens with zero attached hydrogens (tertiary/aromatic N) is 5. The van der Waals surface area contributed by atoms with Crippen LogP contribution < -0.4 is 10.9 Å². The van der Waals surface area contributed by atoms with Gasteiger partial charge >= 0.3 is 0 Å². The van der Waals surface area contributed by atoms with Crippen LogP contribution in [0.3, 0.4) is 0 Å². The molecular formula is C20H20N6O2S. The van der Waals surface area contributed by atoms with Gasteiger partial charge in [-0.2, -0.15) is 5.10 Å². The smallest absolute Gasteiger partial charge is 0.270 e. The highest BCUT2D eigenvalue weighted by atomic mass is 32.1. The molecule has 0 spiro atoms. The molecule has 0 saturated heterocycles. The second kappa shape index (κ2) is 7.59. The van der Waals surface area contributed by atoms with Gasteiger partial charge in [0.25, 0.3) is 11.5 Å². The quantitative estimate of drug-likeness (QED) is 0.547. The molecule has 8 nitrogen and oxygen atoms in total. The molecule has 0 unspecified atom stereocenters. The van der Waals surface area contributed by atoms with Crippen LogP contribution in [-0.4, -0.2) is 36.6 Å². The summed E-state index contributed by atoms with van der Waals surface area (Å²) in [6.45, 7) is 6.21. The number of rotatable bonds is 5. The summed E-state index contributed by atoms with van der Waals surface area (Å²) in [7, 11) is 0. The van der Waals surface area contributed by atoms with Crippen LogP contribution in [0.4, 0.5) is 0 Å². The zero-order chi connectivity index (χ0) is 20.5. The van der Waals surface area contributed by atoms with Crippen molar-refractivity contribution >= 4 is 22.9 Å². The van der Waals surface area contributed by atoms with Crippen LogP contribution in [0.2, 0.25) is 0 Å². The Morgan fingerprint density at radius 2 is 1.93 bits per heavy atom. The molecular weight excluding hydrogens is 388 g/mol. The van der Waals surface area contributed by atoms with E-state index in [0.717, 1.165) is 21.2 Å². The number of aryl methyl sites for hydroxylation is 3. The van der Waals surface area contributed by atoms with E-state index in [0.29, 0.717) is 17.1 Å². The Hall–Kier alpha value is -3.33. The number of thiazole rings is 1. The number of aromatic nitrogens is 5. The second-order valence-electron chi connectivity index (χ2n) is 6.66. The summed E-state index contributed by atoms with van der Waals surface area (Å²) in [5.41, 5.74) is 3.24. The molecule has 0 radical (unpaired) electrons. The first-order valence-electron chi connectivity index (χ1n) is 9.18. The van der Waals surface area contributed by atoms with Crippen LogP contribution in [0.1, 0.15) is 26.9 Å². The molecule has 148 valence electrons. The predicted octanol–water partition coefficient (Wildman–Crippen LogP) is 2.37. The normalized spacial score (nSPS) is 11.1. The van der Waals surface area contributed by atoms with E-state index in [4.69, 9.17) is 0 Å². The Bertz CT molecular complexity index is 1270. The molecule has 0 atom stereocenters. The van der Waals surface area contributed by atoms with Crippen molar-refractivity contribution in [2.75, 3.05) is 6.54 Å². The summed E-state index contributed by atoms with van der Waals surface area (Å²) in [5, 5.41) is 8.26. The Kier molecular flexibility index (Phi) is 4.98. The number of pyridine rings is 1. The lowest BCUT2D eigenvalue weighted by Crippen LogP contribution is -2.32. The van der Waals surface area contributed by atoms with Gasteiger partial charge in [0.15, 0.2) is 0 Å². The van der Waals surface area contributed by atoms with Crippen molar-refractivity contribution in [1.82, 2.24) is 29.5 Å². The van der Waals surface area contributed by atoms with Gasteiger partial charge in [-0.05, 0) is 39.0 Å². The van der Waals surface area contributed by atoms with Gasteiger partial charge in [0.2, 0.25) is 0 Å². The molecule has 0 aliphatic heterocycles. The molecule has 0 aromatic carbocycles. The van der Waals surface area contributed by atoms with E-state index >= 15 is 0 Å². The van der Waals surface area contributed by atoms with Crippen LogP contribution in [-0.2, 0) is 6.54 Å². The van der Waals surface area contributed by atoms with Crippen molar-refractivity contribution in [3.8, 4) is 10.6 Å². The monoisotopic (exact) mass is 408 g/mol. The molecule has 0 saturated carbocycles. The molecule has 0 fully saturated rings. The summed E-state index contributed by atoms with van der Waals surface area (Å²) in [4.78, 5) is 34.6. The van der Waals surface area contributed by atoms with Crippen molar-refractivity contribution < 1.29 is 4.79 Å². The van der Waals surface area contributed by atoms with Crippen LogP contribution in [0, 0.1) is 20.8 Å². The molecule has 1 N–H and O–H groups in total. The van der Waals surface area contributed by atoms with E-state index in [1.165, 1.54) is 10.7 Å². The lowest BCUT2D eigenvalue weighted by Gasteiger charge is -2.08. The van der Waals surface area contributed by atoms with Crippen LogP contribution >= 0.6 is 11.3 Å². The average Bonchev–Trinajstić information content (AvgIpc) is 3.20. The molecule has 4 aromatic heterocycles. The zero-order valence-corrected chi connectivity index (χ0v) is 17.2. The minimum absolute atomic E-state index is 0.215. The highest BCUT2D eigenvalue weighted by molar-refractivity contribution is 7.15. The zero-order valence-electron chi connectivity index (χ0n) is 16.3. The molecule has 4 aromatic rings. The van der Waals surface area contributed by atoms with Gasteiger partial charge < -0.3 is 5.32 Å². The predicted molar refractivity (Wildman–Crippen MR) is 111 cm³/mol. The first-order chi connectivity index (χ1) is 13.9. The fourth-order valence-corrected chi connectivity index (χ4v) is 4.13. The average molecular weight is 408 g/mol. The third-order valence-electron chi connectivity index (χ3n) is 4.53. The van der Waals surface area contributed by atoms with Crippen molar-refractivity contribution in [1.29, 1.82) is 0 Å². The minimum atomic E-state index is -0.237. The number of hydrogen-bond donors (Lipinski definition) is 1. The third-order valence-corrected chi connectivity index (χ3v) is 5.63. The fourth-order valence-electron chi connectivity index (χ4n) is 3.25. The number of amides is 1. The highest BCUT2D eigenvalue weighted by Crippen LogP contribution is 2.27. The molecule has 0 aliphatic rings. The van der Waals surface area contributed by atoms with E-state index in [-0.39, 0.29) is 24.6 Å². The van der Waals surface area contributed by atoms with Gasteiger partial charge in [0, 0.05) is 18.8 Å². The number of imidazole rings is 1. The van der Waals surface area contributed by atoms with E-state index in [9.17, 15) is 9.59 Å². The first kappa shape index (κ1) is 19.0.